The van der Waals surface area contributed by atoms with Gasteiger partial charge in [0.1, 0.15) is 0 Å². The van der Waals surface area contributed by atoms with Crippen LogP contribution in [-0.4, -0.2) is 95.6 Å². The Bertz CT molecular complexity index is 1490. The molecule has 318 valence electrons. The molecule has 0 aromatic rings. The van der Waals surface area contributed by atoms with Crippen LogP contribution in [0.3, 0.4) is 0 Å². The molecule has 1 N–H and O–H groups in total. The molecule has 0 aromatic heterocycles. The van der Waals surface area contributed by atoms with Crippen molar-refractivity contribution in [2.45, 2.75) is 142 Å². The van der Waals surface area contributed by atoms with E-state index in [4.69, 9.17) is 23.4 Å². The Kier molecular flexibility index (Phi) is 15.0. The molecule has 2 aliphatic heterocycles. The van der Waals surface area contributed by atoms with Crippen LogP contribution in [0.2, 0.25) is 48.9 Å². The maximum atomic E-state index is 13.9. The van der Waals surface area contributed by atoms with Gasteiger partial charge >= 0.3 is 35.8 Å². The number of carbonyl (C=O) groups excluding carboxylic acids is 5. The molecular formula is C40H70O12Si4. The third-order valence-electron chi connectivity index (χ3n) is 14.3. The maximum Gasteiger partial charge on any atom is 0.318 e. The molecule has 2 bridgehead atoms. The Morgan fingerprint density at radius 2 is 1.55 bits per heavy atom. The first-order valence-electron chi connectivity index (χ1n) is 21.0. The van der Waals surface area contributed by atoms with Crippen molar-refractivity contribution >= 4 is 70.5 Å². The summed E-state index contributed by atoms with van der Waals surface area (Å²) in [6.45, 7) is 21.9. The van der Waals surface area contributed by atoms with Crippen molar-refractivity contribution in [1.82, 2.24) is 0 Å². The summed E-state index contributed by atoms with van der Waals surface area (Å²) in [5, 5.41) is 10.8. The molecule has 4 aliphatic rings. The van der Waals surface area contributed by atoms with Crippen LogP contribution in [0.15, 0.2) is 0 Å². The van der Waals surface area contributed by atoms with E-state index in [2.05, 4.69) is 26.2 Å². The lowest BCUT2D eigenvalue weighted by Gasteiger charge is -2.45. The van der Waals surface area contributed by atoms with Crippen LogP contribution < -0.4 is 0 Å². The number of cyclic esters (lactones) is 2. The highest BCUT2D eigenvalue weighted by Gasteiger charge is 2.65. The molecule has 4 fully saturated rings. The van der Waals surface area contributed by atoms with Crippen LogP contribution in [-0.2, 0) is 52.1 Å². The third-order valence-corrected chi connectivity index (χ3v) is 40.5. The van der Waals surface area contributed by atoms with Gasteiger partial charge in [-0.3, -0.25) is 28.8 Å². The predicted octanol–water partition coefficient (Wildman–Crippen LogP) is 5.85. The minimum absolute atomic E-state index is 0.00546. The lowest BCUT2D eigenvalue weighted by molar-refractivity contribution is -0.168. The molecule has 0 spiro atoms. The molecule has 16 heteroatoms. The van der Waals surface area contributed by atoms with Gasteiger partial charge < -0.3 is 28.5 Å². The molecule has 4 rings (SSSR count). The summed E-state index contributed by atoms with van der Waals surface area (Å²) in [6, 6.07) is 0. The molecule has 56 heavy (non-hydrogen) atoms. The second kappa shape index (κ2) is 18.0. The number of hydrogen-bond donors (Lipinski definition) is 1. The Hall–Kier alpha value is -2.15. The van der Waals surface area contributed by atoms with E-state index in [9.17, 15) is 33.9 Å². The first-order valence-corrected chi connectivity index (χ1v) is 32.2. The van der Waals surface area contributed by atoms with Gasteiger partial charge in [-0.15, -0.1) is 0 Å². The number of fused-ring (bicyclic) bond motifs is 2. The molecule has 2 saturated heterocycles. The standard InChI is InChI=1S/C40H70O12Si4/c1-13-38(5,37(47)51-24(2)3)17-40(7,36(45)46)18-39(6,16-29(41)48-8)32-31(34(43)52-35(32)44)30-25(4)27-14-26(30)15-28(27)33(42)49-19-50-56(12)22-54(10)20-53(9)21-55(11)23-56/h24-28,30-32,53-55H,13-23H2,1-12H3,(H,45,46). The van der Waals surface area contributed by atoms with Crippen molar-refractivity contribution in [2.75, 3.05) is 13.9 Å². The van der Waals surface area contributed by atoms with Crippen LogP contribution in [0.1, 0.15) is 87.0 Å². The Balaban J connectivity index is 1.55. The van der Waals surface area contributed by atoms with Crippen molar-refractivity contribution in [3.05, 3.63) is 0 Å². The fraction of sp³-hybridized carbons (Fsp3) is 0.850. The smallest absolute Gasteiger partial charge is 0.318 e. The highest BCUT2D eigenvalue weighted by atomic mass is 28.4. The van der Waals surface area contributed by atoms with Crippen molar-refractivity contribution < 1.29 is 57.2 Å². The van der Waals surface area contributed by atoms with Gasteiger partial charge in [-0.25, -0.2) is 0 Å². The summed E-state index contributed by atoms with van der Waals surface area (Å²) >= 11 is 0. The zero-order valence-corrected chi connectivity index (χ0v) is 40.5. The second-order valence-corrected chi connectivity index (χ2v) is 36.9. The summed E-state index contributed by atoms with van der Waals surface area (Å²) in [6.07, 6.45) is 0.390. The van der Waals surface area contributed by atoms with Gasteiger partial charge in [0.05, 0.1) is 48.2 Å². The largest absolute Gasteiger partial charge is 0.481 e. The van der Waals surface area contributed by atoms with Gasteiger partial charge in [0, 0.05) is 26.4 Å². The normalized spacial score (nSPS) is 36.4. The second-order valence-electron chi connectivity index (χ2n) is 20.0. The quantitative estimate of drug-likeness (QED) is 0.0648. The monoisotopic (exact) mass is 854 g/mol. The van der Waals surface area contributed by atoms with Crippen LogP contribution in [0.5, 0.6) is 0 Å². The number of carboxylic acids is 1. The van der Waals surface area contributed by atoms with Crippen LogP contribution in [0.25, 0.3) is 0 Å². The van der Waals surface area contributed by atoms with Gasteiger partial charge in [-0.05, 0) is 107 Å². The number of ether oxygens (including phenoxy) is 4. The molecule has 12 atom stereocenters. The maximum absolute atomic E-state index is 13.9. The summed E-state index contributed by atoms with van der Waals surface area (Å²) in [5.74, 6) is -7.21. The van der Waals surface area contributed by atoms with Gasteiger partial charge in [0.25, 0.3) is 0 Å². The molecule has 0 radical (unpaired) electrons. The number of esters is 5. The number of hydrogen-bond acceptors (Lipinski definition) is 11. The fourth-order valence-electron chi connectivity index (χ4n) is 12.2. The number of carboxylic acid groups (broad SMARTS) is 1. The summed E-state index contributed by atoms with van der Waals surface area (Å²) in [7, 11) is -2.99. The minimum Gasteiger partial charge on any atom is -0.481 e. The van der Waals surface area contributed by atoms with Crippen LogP contribution in [0.4, 0.5) is 0 Å². The summed E-state index contributed by atoms with van der Waals surface area (Å²) < 4.78 is 28.4. The minimum atomic E-state index is -1.95. The van der Waals surface area contributed by atoms with Crippen molar-refractivity contribution in [2.24, 2.45) is 57.7 Å². The Labute approximate surface area is 340 Å². The molecule has 12 unspecified atom stereocenters. The molecular weight excluding hydrogens is 785 g/mol. The summed E-state index contributed by atoms with van der Waals surface area (Å²) in [5.41, 5.74) is 1.26. The molecule has 0 aromatic carbocycles. The number of carbonyl (C=O) groups is 6. The average Bonchev–Trinajstić information content (AvgIpc) is 3.73. The number of methoxy groups -OCH3 is 1. The number of aliphatic carboxylic acids is 1. The Morgan fingerprint density at radius 3 is 2.07 bits per heavy atom. The van der Waals surface area contributed by atoms with Crippen LogP contribution >= 0.6 is 0 Å². The van der Waals surface area contributed by atoms with Gasteiger partial charge in [0.15, 0.2) is 15.1 Å². The van der Waals surface area contributed by atoms with E-state index in [-0.39, 0.29) is 61.6 Å². The SMILES string of the molecule is CCC(C)(CC(C)(CC(C)(CC(=O)OC)C1C(=O)OC(=O)C1C1C2CC(C(=O)OCO[Si]3(C)C[SiH](C)C[SiH](C)C[SiH](C)C3)C(C2)C1C)C(=O)O)C(=O)OC(C)C. The topological polar surface area (TPSA) is 169 Å². The molecule has 2 saturated carbocycles. The Morgan fingerprint density at radius 1 is 0.946 bits per heavy atom. The van der Waals surface area contributed by atoms with Crippen molar-refractivity contribution in [3.63, 3.8) is 0 Å². The van der Waals surface area contributed by atoms with Crippen molar-refractivity contribution in [1.29, 1.82) is 0 Å². The first kappa shape index (κ1) is 46.5. The zero-order valence-electron chi connectivity index (χ0n) is 36.1. The van der Waals surface area contributed by atoms with E-state index in [0.29, 0.717) is 19.3 Å². The van der Waals surface area contributed by atoms with E-state index < -0.39 is 98.7 Å². The average molecular weight is 855 g/mol. The molecule has 2 aliphatic carbocycles. The molecule has 2 heterocycles. The summed E-state index contributed by atoms with van der Waals surface area (Å²) in [4.78, 5) is 80.9. The van der Waals surface area contributed by atoms with Crippen LogP contribution in [0, 0.1) is 57.7 Å². The predicted molar refractivity (Wildman–Crippen MR) is 222 cm³/mol. The fourth-order valence-corrected chi connectivity index (χ4v) is 45.3. The van der Waals surface area contributed by atoms with E-state index in [0.717, 1.165) is 0 Å². The van der Waals surface area contributed by atoms with Crippen molar-refractivity contribution in [3.8, 4) is 0 Å². The lowest BCUT2D eigenvalue weighted by atomic mass is 9.56. The van der Waals surface area contributed by atoms with E-state index >= 15 is 0 Å². The van der Waals surface area contributed by atoms with E-state index in [1.54, 1.807) is 34.6 Å². The molecule has 12 nitrogen and oxygen atoms in total. The lowest BCUT2D eigenvalue weighted by Crippen LogP contribution is -2.49. The van der Waals surface area contributed by atoms with E-state index in [1.807, 2.05) is 6.92 Å². The number of rotatable bonds is 16. The molecule has 0 amide bonds. The third kappa shape index (κ3) is 10.2. The van der Waals surface area contributed by atoms with Gasteiger partial charge in [-0.2, -0.15) is 0 Å². The highest BCUT2D eigenvalue weighted by molar-refractivity contribution is 6.98. The first-order chi connectivity index (χ1) is 25.9. The van der Waals surface area contributed by atoms with Gasteiger partial charge in [-0.1, -0.05) is 51.7 Å². The van der Waals surface area contributed by atoms with Gasteiger partial charge in [0.2, 0.25) is 0 Å². The van der Waals surface area contributed by atoms with E-state index in [1.165, 1.54) is 36.7 Å². The highest BCUT2D eigenvalue weighted by Crippen LogP contribution is 2.62. The zero-order chi connectivity index (χ0) is 42.1.